The predicted molar refractivity (Wildman–Crippen MR) is 89.0 cm³/mol. The van der Waals surface area contributed by atoms with Gasteiger partial charge in [0.15, 0.2) is 0 Å². The van der Waals surface area contributed by atoms with Gasteiger partial charge in [0, 0.05) is 24.0 Å². The van der Waals surface area contributed by atoms with Crippen molar-refractivity contribution in [3.05, 3.63) is 46.2 Å². The van der Waals surface area contributed by atoms with E-state index in [2.05, 4.69) is 27.5 Å². The number of aromatic nitrogens is 2. The highest BCUT2D eigenvalue weighted by atomic mass is 35.5. The molecule has 22 heavy (non-hydrogen) atoms. The van der Waals surface area contributed by atoms with Crippen LogP contribution in [0.1, 0.15) is 30.1 Å². The van der Waals surface area contributed by atoms with E-state index >= 15 is 0 Å². The maximum Gasteiger partial charge on any atom is 0.254 e. The molecule has 2 N–H and O–H groups in total. The molecule has 1 heterocycles. The largest absolute Gasteiger partial charge is 0.352 e. The molecule has 1 aromatic heterocycles. The summed E-state index contributed by atoms with van der Waals surface area (Å²) in [6.45, 7) is 2.72. The second-order valence-corrected chi connectivity index (χ2v) is 5.50. The molecule has 0 saturated carbocycles. The van der Waals surface area contributed by atoms with E-state index in [0.717, 1.165) is 12.8 Å². The Morgan fingerprint density at radius 1 is 1.23 bits per heavy atom. The fraction of sp³-hybridized carbons (Fsp3) is 0.267. The van der Waals surface area contributed by atoms with Crippen LogP contribution in [-0.2, 0) is 0 Å². The number of hydrogen-bond donors (Lipinski definition) is 2. The van der Waals surface area contributed by atoms with Gasteiger partial charge in [0.05, 0.1) is 16.3 Å². The first kappa shape index (κ1) is 16.5. The molecule has 0 bridgehead atoms. The monoisotopic (exact) mass is 338 g/mol. The van der Waals surface area contributed by atoms with Gasteiger partial charge in [0.1, 0.15) is 0 Å². The van der Waals surface area contributed by atoms with Gasteiger partial charge < -0.3 is 10.6 Å². The van der Waals surface area contributed by atoms with Crippen molar-refractivity contribution in [1.29, 1.82) is 0 Å². The van der Waals surface area contributed by atoms with Gasteiger partial charge in [-0.1, -0.05) is 36.5 Å². The van der Waals surface area contributed by atoms with E-state index in [1.807, 2.05) is 0 Å². The van der Waals surface area contributed by atoms with Crippen molar-refractivity contribution in [1.82, 2.24) is 15.3 Å². The van der Waals surface area contributed by atoms with Crippen LogP contribution >= 0.6 is 23.2 Å². The van der Waals surface area contributed by atoms with Gasteiger partial charge in [-0.05, 0) is 24.6 Å². The first-order chi connectivity index (χ1) is 10.6. The summed E-state index contributed by atoms with van der Waals surface area (Å²) in [4.78, 5) is 20.1. The first-order valence-corrected chi connectivity index (χ1v) is 7.68. The lowest BCUT2D eigenvalue weighted by atomic mass is 10.3. The number of rotatable bonds is 6. The zero-order valence-electron chi connectivity index (χ0n) is 12.1. The lowest BCUT2D eigenvalue weighted by Crippen LogP contribution is -2.24. The van der Waals surface area contributed by atoms with E-state index in [0.29, 0.717) is 33.8 Å². The molecule has 0 aliphatic heterocycles. The molecular weight excluding hydrogens is 323 g/mol. The summed E-state index contributed by atoms with van der Waals surface area (Å²) in [5.41, 5.74) is 1.06. The quantitative estimate of drug-likeness (QED) is 0.779. The minimum atomic E-state index is -0.176. The molecule has 0 unspecified atom stereocenters. The molecule has 0 atom stereocenters. The van der Waals surface area contributed by atoms with Gasteiger partial charge in [-0.15, -0.1) is 0 Å². The molecule has 7 heteroatoms. The predicted octanol–water partition coefficient (Wildman–Crippen LogP) is 4.06. The van der Waals surface area contributed by atoms with Crippen LogP contribution in [0.25, 0.3) is 0 Å². The van der Waals surface area contributed by atoms with Crippen molar-refractivity contribution in [2.75, 3.05) is 11.9 Å². The van der Waals surface area contributed by atoms with Crippen molar-refractivity contribution in [3.63, 3.8) is 0 Å². The van der Waals surface area contributed by atoms with Crippen molar-refractivity contribution >= 4 is 40.7 Å². The van der Waals surface area contributed by atoms with Crippen LogP contribution < -0.4 is 10.6 Å². The molecule has 0 fully saturated rings. The van der Waals surface area contributed by atoms with Crippen LogP contribution in [0.5, 0.6) is 0 Å². The van der Waals surface area contributed by atoms with Crippen LogP contribution in [-0.4, -0.2) is 22.4 Å². The number of nitrogens with one attached hydrogen (secondary N) is 2. The standard InChI is InChI=1S/C15H16Cl2N4O/c1-2-3-6-18-14(22)10-8-19-15(20-9-10)21-13-5-4-11(16)7-12(13)17/h4-5,7-9H,2-3,6H2,1H3,(H,18,22)(H,19,20,21). The molecule has 0 radical (unpaired) electrons. The van der Waals surface area contributed by atoms with Gasteiger partial charge in [-0.3, -0.25) is 4.79 Å². The van der Waals surface area contributed by atoms with Gasteiger partial charge in [-0.2, -0.15) is 0 Å². The third-order valence-corrected chi connectivity index (χ3v) is 3.46. The highest BCUT2D eigenvalue weighted by molar-refractivity contribution is 6.36. The van der Waals surface area contributed by atoms with Crippen LogP contribution in [0.3, 0.4) is 0 Å². The zero-order valence-corrected chi connectivity index (χ0v) is 13.6. The van der Waals surface area contributed by atoms with Crippen LogP contribution in [0.4, 0.5) is 11.6 Å². The zero-order chi connectivity index (χ0) is 15.9. The van der Waals surface area contributed by atoms with Crippen molar-refractivity contribution in [2.24, 2.45) is 0 Å². The highest BCUT2D eigenvalue weighted by Gasteiger charge is 2.07. The summed E-state index contributed by atoms with van der Waals surface area (Å²) < 4.78 is 0. The molecular formula is C15H16Cl2N4O. The molecule has 2 aromatic rings. The number of amides is 1. The Bertz CT molecular complexity index is 646. The Kier molecular flexibility index (Phi) is 5.98. The Morgan fingerprint density at radius 3 is 2.59 bits per heavy atom. The molecule has 5 nitrogen and oxygen atoms in total. The lowest BCUT2D eigenvalue weighted by Gasteiger charge is -2.08. The molecule has 1 amide bonds. The Hall–Kier alpha value is -1.85. The van der Waals surface area contributed by atoms with Gasteiger partial charge in [-0.25, -0.2) is 9.97 Å². The molecule has 0 aliphatic rings. The molecule has 0 saturated heterocycles. The molecule has 1 aromatic carbocycles. The Morgan fingerprint density at radius 2 is 1.95 bits per heavy atom. The number of benzene rings is 1. The van der Waals surface area contributed by atoms with E-state index in [1.54, 1.807) is 18.2 Å². The molecule has 2 rings (SSSR count). The highest BCUT2D eigenvalue weighted by Crippen LogP contribution is 2.26. The minimum Gasteiger partial charge on any atom is -0.352 e. The van der Waals surface area contributed by atoms with E-state index in [-0.39, 0.29) is 5.91 Å². The van der Waals surface area contributed by atoms with Crippen molar-refractivity contribution in [2.45, 2.75) is 19.8 Å². The summed E-state index contributed by atoms with van der Waals surface area (Å²) >= 11 is 11.9. The number of halogens is 2. The first-order valence-electron chi connectivity index (χ1n) is 6.92. The summed E-state index contributed by atoms with van der Waals surface area (Å²) in [7, 11) is 0. The van der Waals surface area contributed by atoms with E-state index in [4.69, 9.17) is 23.2 Å². The third-order valence-electron chi connectivity index (χ3n) is 2.91. The van der Waals surface area contributed by atoms with E-state index in [1.165, 1.54) is 12.4 Å². The average Bonchev–Trinajstić information content (AvgIpc) is 2.51. The lowest BCUT2D eigenvalue weighted by molar-refractivity contribution is 0.0952. The second kappa shape index (κ2) is 7.96. The number of anilines is 2. The van der Waals surface area contributed by atoms with Crippen molar-refractivity contribution in [3.8, 4) is 0 Å². The summed E-state index contributed by atoms with van der Waals surface area (Å²) in [6.07, 6.45) is 4.92. The van der Waals surface area contributed by atoms with Crippen LogP contribution in [0.15, 0.2) is 30.6 Å². The summed E-state index contributed by atoms with van der Waals surface area (Å²) in [6, 6.07) is 5.08. The third kappa shape index (κ3) is 4.58. The SMILES string of the molecule is CCCCNC(=O)c1cnc(Nc2ccc(Cl)cc2Cl)nc1. The fourth-order valence-electron chi connectivity index (χ4n) is 1.70. The summed E-state index contributed by atoms with van der Waals surface area (Å²) in [5.74, 6) is 0.179. The number of hydrogen-bond acceptors (Lipinski definition) is 4. The fourth-order valence-corrected chi connectivity index (χ4v) is 2.16. The maximum absolute atomic E-state index is 11.8. The number of carbonyl (C=O) groups is 1. The van der Waals surface area contributed by atoms with Gasteiger partial charge in [0.2, 0.25) is 5.95 Å². The van der Waals surface area contributed by atoms with Gasteiger partial charge in [0.25, 0.3) is 5.91 Å². The maximum atomic E-state index is 11.8. The Balaban J connectivity index is 2.01. The smallest absolute Gasteiger partial charge is 0.254 e. The Labute approximate surface area is 139 Å². The number of unbranched alkanes of at least 4 members (excludes halogenated alkanes) is 1. The number of carbonyl (C=O) groups excluding carboxylic acids is 1. The number of nitrogens with zero attached hydrogens (tertiary/aromatic N) is 2. The van der Waals surface area contributed by atoms with Crippen LogP contribution in [0, 0.1) is 0 Å². The topological polar surface area (TPSA) is 66.9 Å². The molecule has 116 valence electrons. The van der Waals surface area contributed by atoms with Crippen molar-refractivity contribution < 1.29 is 4.79 Å². The summed E-state index contributed by atoms with van der Waals surface area (Å²) in [5, 5.41) is 6.80. The van der Waals surface area contributed by atoms with E-state index < -0.39 is 0 Å². The minimum absolute atomic E-state index is 0.176. The second-order valence-electron chi connectivity index (χ2n) is 4.65. The molecule has 0 aliphatic carbocycles. The van der Waals surface area contributed by atoms with Crippen LogP contribution in [0.2, 0.25) is 10.0 Å². The van der Waals surface area contributed by atoms with Gasteiger partial charge >= 0.3 is 0 Å². The average molecular weight is 339 g/mol. The normalized spacial score (nSPS) is 10.3. The van der Waals surface area contributed by atoms with E-state index in [9.17, 15) is 4.79 Å². The molecule has 0 spiro atoms.